The van der Waals surface area contributed by atoms with Crippen molar-refractivity contribution in [3.05, 3.63) is 59.3 Å². The molecular weight excluding hydrogens is 351 g/mol. The molecule has 27 heavy (non-hydrogen) atoms. The van der Waals surface area contributed by atoms with E-state index in [-0.39, 0.29) is 12.1 Å². The van der Waals surface area contributed by atoms with Gasteiger partial charge >= 0.3 is 0 Å². The molecule has 10 heteroatoms. The molecule has 0 bridgehead atoms. The Labute approximate surface area is 154 Å². The van der Waals surface area contributed by atoms with Crippen molar-refractivity contribution in [2.75, 3.05) is 10.6 Å². The van der Waals surface area contributed by atoms with E-state index in [9.17, 15) is 9.18 Å². The number of halogens is 1. The molecule has 2 heterocycles. The minimum atomic E-state index is -0.652. The van der Waals surface area contributed by atoms with Gasteiger partial charge in [0.05, 0.1) is 17.4 Å². The number of rotatable bonds is 7. The zero-order valence-electron chi connectivity index (χ0n) is 14.4. The van der Waals surface area contributed by atoms with E-state index in [4.69, 9.17) is 11.1 Å². The number of carbonyl (C=O) groups excluding carboxylic acids is 1. The van der Waals surface area contributed by atoms with Crippen LogP contribution in [-0.4, -0.2) is 31.9 Å². The lowest BCUT2D eigenvalue weighted by Gasteiger charge is -2.12. The second kappa shape index (κ2) is 7.60. The topological polar surface area (TPSA) is 135 Å². The molecule has 1 amide bonds. The molecule has 2 aromatic heterocycles. The van der Waals surface area contributed by atoms with Gasteiger partial charge in [0.25, 0.3) is 0 Å². The number of benzene rings is 1. The van der Waals surface area contributed by atoms with Gasteiger partial charge < -0.3 is 21.8 Å². The Bertz CT molecular complexity index is 1000. The molecule has 5 N–H and O–H groups in total. The van der Waals surface area contributed by atoms with Crippen LogP contribution in [-0.2, 0) is 13.6 Å². The highest BCUT2D eigenvalue weighted by atomic mass is 19.1. The van der Waals surface area contributed by atoms with Gasteiger partial charge in [-0.2, -0.15) is 10.1 Å². The van der Waals surface area contributed by atoms with E-state index in [1.807, 2.05) is 0 Å². The van der Waals surface area contributed by atoms with Gasteiger partial charge in [-0.25, -0.2) is 9.37 Å². The third kappa shape index (κ3) is 4.24. The van der Waals surface area contributed by atoms with Crippen molar-refractivity contribution in [3.8, 4) is 0 Å². The van der Waals surface area contributed by atoms with Gasteiger partial charge in [0, 0.05) is 37.8 Å². The van der Waals surface area contributed by atoms with Crippen molar-refractivity contribution in [1.82, 2.24) is 19.7 Å². The number of hydrogen-bond acceptors (Lipinski definition) is 7. The fourth-order valence-electron chi connectivity index (χ4n) is 2.44. The Morgan fingerprint density at radius 2 is 2.22 bits per heavy atom. The summed E-state index contributed by atoms with van der Waals surface area (Å²) >= 11 is 0. The molecule has 3 aromatic rings. The highest BCUT2D eigenvalue weighted by Gasteiger charge is 2.11. The van der Waals surface area contributed by atoms with Crippen LogP contribution in [0.25, 0.3) is 0 Å². The highest BCUT2D eigenvalue weighted by molar-refractivity contribution is 5.94. The number of amides is 1. The molecule has 1 aromatic carbocycles. The van der Waals surface area contributed by atoms with Crippen molar-refractivity contribution in [1.29, 1.82) is 5.41 Å². The number of nitrogens with zero attached hydrogens (tertiary/aromatic N) is 4. The van der Waals surface area contributed by atoms with Crippen LogP contribution >= 0.6 is 0 Å². The summed E-state index contributed by atoms with van der Waals surface area (Å²) in [6.07, 6.45) is 5.94. The monoisotopic (exact) mass is 368 g/mol. The second-order valence-corrected chi connectivity index (χ2v) is 5.69. The normalized spacial score (nSPS) is 10.4. The van der Waals surface area contributed by atoms with E-state index in [0.717, 1.165) is 6.21 Å². The molecular formula is C17H17FN8O. The summed E-state index contributed by atoms with van der Waals surface area (Å²) in [5.74, 6) is -0.483. The van der Waals surface area contributed by atoms with E-state index in [1.54, 1.807) is 24.1 Å². The average molecular weight is 368 g/mol. The zero-order valence-corrected chi connectivity index (χ0v) is 14.4. The predicted molar refractivity (Wildman–Crippen MR) is 98.7 cm³/mol. The van der Waals surface area contributed by atoms with Gasteiger partial charge in [0.1, 0.15) is 11.6 Å². The molecule has 0 saturated carbocycles. The van der Waals surface area contributed by atoms with Crippen LogP contribution in [0.5, 0.6) is 0 Å². The Hall–Kier alpha value is -3.82. The quantitative estimate of drug-likeness (QED) is 0.470. The van der Waals surface area contributed by atoms with Crippen LogP contribution in [0.15, 0.2) is 36.8 Å². The van der Waals surface area contributed by atoms with Crippen LogP contribution in [0.2, 0.25) is 0 Å². The Morgan fingerprint density at radius 1 is 1.41 bits per heavy atom. The number of nitrogens with two attached hydrogens (primary N) is 1. The zero-order chi connectivity index (χ0) is 19.4. The number of anilines is 3. The van der Waals surface area contributed by atoms with Crippen molar-refractivity contribution in [2.24, 2.45) is 12.8 Å². The summed E-state index contributed by atoms with van der Waals surface area (Å²) in [4.78, 5) is 20.0. The lowest BCUT2D eigenvalue weighted by Crippen LogP contribution is -2.16. The maximum atomic E-state index is 13.5. The Kier molecular flexibility index (Phi) is 5.06. The molecule has 3 rings (SSSR count). The molecule has 0 radical (unpaired) electrons. The summed E-state index contributed by atoms with van der Waals surface area (Å²) in [5.41, 5.74) is 7.07. The molecule has 9 nitrogen and oxygen atoms in total. The third-order valence-corrected chi connectivity index (χ3v) is 3.71. The summed E-state index contributed by atoms with van der Waals surface area (Å²) in [5, 5.41) is 17.5. The van der Waals surface area contributed by atoms with Crippen molar-refractivity contribution in [3.63, 3.8) is 0 Å². The van der Waals surface area contributed by atoms with Crippen molar-refractivity contribution < 1.29 is 9.18 Å². The lowest BCUT2D eigenvalue weighted by atomic mass is 10.1. The highest BCUT2D eigenvalue weighted by Crippen LogP contribution is 2.18. The van der Waals surface area contributed by atoms with Crippen molar-refractivity contribution in [2.45, 2.75) is 6.54 Å². The third-order valence-electron chi connectivity index (χ3n) is 3.71. The van der Waals surface area contributed by atoms with E-state index in [1.165, 1.54) is 24.4 Å². The number of primary amides is 1. The summed E-state index contributed by atoms with van der Waals surface area (Å²) in [6, 6.07) is 3.74. The van der Waals surface area contributed by atoms with E-state index in [0.29, 0.717) is 28.6 Å². The number of nitrogens with one attached hydrogen (secondary N) is 3. The van der Waals surface area contributed by atoms with Gasteiger partial charge in [-0.3, -0.25) is 9.48 Å². The van der Waals surface area contributed by atoms with E-state index < -0.39 is 11.7 Å². The molecule has 0 aliphatic rings. The second-order valence-electron chi connectivity index (χ2n) is 5.69. The van der Waals surface area contributed by atoms with Gasteiger partial charge in [-0.05, 0) is 23.8 Å². The Balaban J connectivity index is 1.83. The predicted octanol–water partition coefficient (Wildman–Crippen LogP) is 1.80. The first-order chi connectivity index (χ1) is 13.0. The average Bonchev–Trinajstić information content (AvgIpc) is 3.04. The number of aryl methyl sites for hydroxylation is 1. The minimum Gasteiger partial charge on any atom is -0.366 e. The molecule has 0 unspecified atom stereocenters. The molecule has 0 atom stereocenters. The Morgan fingerprint density at radius 3 is 2.89 bits per heavy atom. The lowest BCUT2D eigenvalue weighted by molar-refractivity contribution is 0.0999. The van der Waals surface area contributed by atoms with Crippen LogP contribution in [0.3, 0.4) is 0 Å². The van der Waals surface area contributed by atoms with Crippen molar-refractivity contribution >= 4 is 29.6 Å². The fraction of sp³-hybridized carbons (Fsp3) is 0.118. The van der Waals surface area contributed by atoms with E-state index >= 15 is 0 Å². The SMILES string of the molecule is Cn1cc(Nc2ncc(C=N)c(NCc3cc(F)ccc3C(N)=O)n2)cn1. The maximum absolute atomic E-state index is 13.5. The van der Waals surface area contributed by atoms with Crippen LogP contribution in [0.1, 0.15) is 21.5 Å². The summed E-state index contributed by atoms with van der Waals surface area (Å²) < 4.78 is 15.2. The summed E-state index contributed by atoms with van der Waals surface area (Å²) in [6.45, 7) is 0.0974. The largest absolute Gasteiger partial charge is 0.366 e. The van der Waals surface area contributed by atoms with Crippen LogP contribution in [0, 0.1) is 11.2 Å². The van der Waals surface area contributed by atoms with Crippen LogP contribution in [0.4, 0.5) is 21.8 Å². The van der Waals surface area contributed by atoms with E-state index in [2.05, 4.69) is 25.7 Å². The van der Waals surface area contributed by atoms with Gasteiger partial charge in [-0.15, -0.1) is 0 Å². The van der Waals surface area contributed by atoms with Crippen LogP contribution < -0.4 is 16.4 Å². The molecule has 0 saturated heterocycles. The number of carbonyl (C=O) groups is 1. The number of aromatic nitrogens is 4. The smallest absolute Gasteiger partial charge is 0.249 e. The standard InChI is InChI=1S/C17H17FN8O/c1-26-9-13(8-23-26)24-17-22-7-11(5-19)16(25-17)21-6-10-4-12(18)2-3-14(10)15(20)27/h2-5,7-9,19H,6H2,1H3,(H2,20,27)(H2,21,22,24,25). The number of hydrogen-bond donors (Lipinski definition) is 4. The first-order valence-electron chi connectivity index (χ1n) is 7.91. The molecule has 0 spiro atoms. The van der Waals surface area contributed by atoms with Gasteiger partial charge in [-0.1, -0.05) is 0 Å². The fourth-order valence-corrected chi connectivity index (χ4v) is 2.44. The first kappa shape index (κ1) is 18.0. The first-order valence-corrected chi connectivity index (χ1v) is 7.91. The molecule has 0 aliphatic carbocycles. The minimum absolute atomic E-state index is 0.0974. The molecule has 138 valence electrons. The molecule has 0 fully saturated rings. The van der Waals surface area contributed by atoms with Gasteiger partial charge in [0.2, 0.25) is 11.9 Å². The van der Waals surface area contributed by atoms with Gasteiger partial charge in [0.15, 0.2) is 0 Å². The maximum Gasteiger partial charge on any atom is 0.249 e. The summed E-state index contributed by atoms with van der Waals surface area (Å²) in [7, 11) is 1.78. The molecule has 0 aliphatic heterocycles.